The van der Waals surface area contributed by atoms with Crippen LogP contribution in [0.15, 0.2) is 71.5 Å². The maximum absolute atomic E-state index is 13.0. The van der Waals surface area contributed by atoms with Crippen LogP contribution >= 0.6 is 23.2 Å². The first-order valence-corrected chi connectivity index (χ1v) is 8.63. The second-order valence-corrected chi connectivity index (χ2v) is 6.69. The van der Waals surface area contributed by atoms with Crippen molar-refractivity contribution in [1.82, 2.24) is 9.78 Å². The molecule has 0 atom stereocenters. The van der Waals surface area contributed by atoms with Crippen molar-refractivity contribution in [3.63, 3.8) is 0 Å². The molecule has 0 aliphatic carbocycles. The van der Waals surface area contributed by atoms with Crippen molar-refractivity contribution in [2.75, 3.05) is 5.73 Å². The van der Waals surface area contributed by atoms with Crippen molar-refractivity contribution >= 4 is 39.7 Å². The summed E-state index contributed by atoms with van der Waals surface area (Å²) >= 11 is 12.1. The molecule has 0 aliphatic rings. The van der Waals surface area contributed by atoms with E-state index in [4.69, 9.17) is 28.9 Å². The molecule has 1 heterocycles. The topological polar surface area (TPSA) is 60.9 Å². The van der Waals surface area contributed by atoms with Crippen molar-refractivity contribution < 1.29 is 0 Å². The van der Waals surface area contributed by atoms with Gasteiger partial charge in [-0.15, -0.1) is 0 Å². The first kappa shape index (κ1) is 16.6. The molecule has 4 nitrogen and oxygen atoms in total. The predicted molar refractivity (Wildman–Crippen MR) is 107 cm³/mol. The summed E-state index contributed by atoms with van der Waals surface area (Å²) in [5, 5.41) is 7.01. The highest BCUT2D eigenvalue weighted by Gasteiger charge is 2.15. The molecule has 0 bridgehead atoms. The summed E-state index contributed by atoms with van der Waals surface area (Å²) in [5.41, 5.74) is 8.19. The van der Waals surface area contributed by atoms with Gasteiger partial charge in [0.1, 0.15) is 0 Å². The molecule has 0 amide bonds. The number of nitrogens with two attached hydrogens (primary N) is 1. The summed E-state index contributed by atoms with van der Waals surface area (Å²) in [7, 11) is 0. The van der Waals surface area contributed by atoms with Crippen LogP contribution in [0.3, 0.4) is 0 Å². The Labute approximate surface area is 159 Å². The summed E-state index contributed by atoms with van der Waals surface area (Å²) in [6.07, 6.45) is 0. The van der Waals surface area contributed by atoms with Crippen molar-refractivity contribution in [1.29, 1.82) is 0 Å². The van der Waals surface area contributed by atoms with Gasteiger partial charge in [0.2, 0.25) is 0 Å². The third-order valence-corrected chi connectivity index (χ3v) is 4.63. The minimum atomic E-state index is -0.257. The summed E-state index contributed by atoms with van der Waals surface area (Å²) in [6, 6.07) is 19.6. The van der Waals surface area contributed by atoms with Crippen LogP contribution in [0.1, 0.15) is 0 Å². The summed E-state index contributed by atoms with van der Waals surface area (Å²) in [6.45, 7) is 0. The molecule has 0 aliphatic heterocycles. The first-order chi connectivity index (χ1) is 12.5. The van der Waals surface area contributed by atoms with Gasteiger partial charge in [0.05, 0.1) is 22.5 Å². The van der Waals surface area contributed by atoms with E-state index in [1.54, 1.807) is 36.4 Å². The van der Waals surface area contributed by atoms with E-state index in [2.05, 4.69) is 5.10 Å². The highest BCUT2D eigenvalue weighted by atomic mass is 35.5. The van der Waals surface area contributed by atoms with Gasteiger partial charge in [-0.2, -0.15) is 9.78 Å². The Balaban J connectivity index is 2.09. The smallest absolute Gasteiger partial charge is 0.279 e. The van der Waals surface area contributed by atoms with Gasteiger partial charge in [-0.3, -0.25) is 4.79 Å². The third kappa shape index (κ3) is 2.83. The number of aromatic nitrogens is 2. The number of hydrogen-bond donors (Lipinski definition) is 1. The van der Waals surface area contributed by atoms with Gasteiger partial charge in [-0.05, 0) is 36.4 Å². The number of hydrogen-bond acceptors (Lipinski definition) is 3. The fraction of sp³-hybridized carbons (Fsp3) is 0. The van der Waals surface area contributed by atoms with Crippen LogP contribution < -0.4 is 11.3 Å². The Kier molecular flexibility index (Phi) is 4.15. The minimum Gasteiger partial charge on any atom is -0.397 e. The molecule has 2 N–H and O–H groups in total. The number of rotatable bonds is 2. The summed E-state index contributed by atoms with van der Waals surface area (Å²) in [4.78, 5) is 13.0. The van der Waals surface area contributed by atoms with Crippen LogP contribution in [0.4, 0.5) is 5.69 Å². The van der Waals surface area contributed by atoms with Gasteiger partial charge in [-0.1, -0.05) is 53.5 Å². The van der Waals surface area contributed by atoms with Crippen LogP contribution in [0.2, 0.25) is 10.0 Å². The molecule has 6 heteroatoms. The Hall–Kier alpha value is -2.82. The van der Waals surface area contributed by atoms with Crippen LogP contribution in [0.25, 0.3) is 27.7 Å². The molecular weight excluding hydrogens is 369 g/mol. The lowest BCUT2D eigenvalue weighted by molar-refractivity contribution is 0.828. The fourth-order valence-corrected chi connectivity index (χ4v) is 3.17. The van der Waals surface area contributed by atoms with E-state index in [9.17, 15) is 4.79 Å². The Morgan fingerprint density at radius 3 is 2.23 bits per heavy atom. The first-order valence-electron chi connectivity index (χ1n) is 7.88. The maximum atomic E-state index is 13.0. The van der Waals surface area contributed by atoms with E-state index < -0.39 is 0 Å². The minimum absolute atomic E-state index is 0.257. The van der Waals surface area contributed by atoms with E-state index in [1.165, 1.54) is 4.68 Å². The zero-order valence-corrected chi connectivity index (χ0v) is 15.0. The number of nitrogens with zero attached hydrogens (tertiary/aromatic N) is 2. The zero-order chi connectivity index (χ0) is 18.3. The summed E-state index contributed by atoms with van der Waals surface area (Å²) < 4.78 is 1.30. The molecule has 4 aromatic rings. The van der Waals surface area contributed by atoms with Crippen LogP contribution in [-0.2, 0) is 0 Å². The monoisotopic (exact) mass is 381 g/mol. The largest absolute Gasteiger partial charge is 0.397 e. The number of halogens is 2. The number of nitrogen functional groups attached to an aromatic ring is 1. The molecule has 0 saturated carbocycles. The lowest BCUT2D eigenvalue weighted by Crippen LogP contribution is -2.23. The lowest BCUT2D eigenvalue weighted by Gasteiger charge is -2.13. The quantitative estimate of drug-likeness (QED) is 0.500. The molecule has 0 spiro atoms. The Morgan fingerprint density at radius 1 is 0.846 bits per heavy atom. The van der Waals surface area contributed by atoms with Gasteiger partial charge >= 0.3 is 0 Å². The molecule has 3 aromatic carbocycles. The van der Waals surface area contributed by atoms with E-state index in [0.29, 0.717) is 32.5 Å². The van der Waals surface area contributed by atoms with Gasteiger partial charge in [0.25, 0.3) is 5.56 Å². The lowest BCUT2D eigenvalue weighted by atomic mass is 10.1. The molecule has 128 valence electrons. The molecule has 0 unspecified atom stereocenters. The Bertz CT molecular complexity index is 1180. The second-order valence-electron chi connectivity index (χ2n) is 5.82. The molecule has 1 aromatic heterocycles. The average Bonchev–Trinajstić information content (AvgIpc) is 2.65. The normalized spacial score (nSPS) is 11.0. The highest BCUT2D eigenvalue weighted by Crippen LogP contribution is 2.28. The standard InChI is InChI=1S/C20H13Cl2N3O/c21-13-7-5-12(6-8-13)19-15-3-1-2-4-16(15)20(26)25(24-19)18-11-14(22)9-10-17(18)23/h1-11H,23H2. The van der Waals surface area contributed by atoms with Crippen molar-refractivity contribution in [3.8, 4) is 16.9 Å². The molecular formula is C20H13Cl2N3O. The SMILES string of the molecule is Nc1ccc(Cl)cc1-n1nc(-c2ccc(Cl)cc2)c2ccccc2c1=O. The van der Waals surface area contributed by atoms with Crippen molar-refractivity contribution in [3.05, 3.63) is 87.1 Å². The van der Waals surface area contributed by atoms with E-state index in [0.717, 1.165) is 10.9 Å². The molecule has 0 saturated heterocycles. The third-order valence-electron chi connectivity index (χ3n) is 4.14. The van der Waals surface area contributed by atoms with Crippen molar-refractivity contribution in [2.45, 2.75) is 0 Å². The molecule has 0 fully saturated rings. The molecule has 4 rings (SSSR count). The van der Waals surface area contributed by atoms with Gasteiger partial charge in [0, 0.05) is 21.0 Å². The van der Waals surface area contributed by atoms with Crippen LogP contribution in [0.5, 0.6) is 0 Å². The average molecular weight is 382 g/mol. The van der Waals surface area contributed by atoms with Gasteiger partial charge < -0.3 is 5.73 Å². The Morgan fingerprint density at radius 2 is 1.50 bits per heavy atom. The number of fused-ring (bicyclic) bond motifs is 1. The van der Waals surface area contributed by atoms with E-state index in [1.807, 2.05) is 30.3 Å². The second kappa shape index (κ2) is 6.48. The van der Waals surface area contributed by atoms with Crippen molar-refractivity contribution in [2.24, 2.45) is 0 Å². The number of anilines is 1. The van der Waals surface area contributed by atoms with Crippen LogP contribution in [0, 0.1) is 0 Å². The zero-order valence-electron chi connectivity index (χ0n) is 13.5. The fourth-order valence-electron chi connectivity index (χ4n) is 2.87. The highest BCUT2D eigenvalue weighted by molar-refractivity contribution is 6.31. The van der Waals surface area contributed by atoms with Gasteiger partial charge in [-0.25, -0.2) is 0 Å². The maximum Gasteiger partial charge on any atom is 0.279 e. The van der Waals surface area contributed by atoms with E-state index >= 15 is 0 Å². The molecule has 0 radical (unpaired) electrons. The number of benzene rings is 3. The van der Waals surface area contributed by atoms with Crippen LogP contribution in [-0.4, -0.2) is 9.78 Å². The predicted octanol–water partition coefficient (Wildman–Crippen LogP) is 4.94. The summed E-state index contributed by atoms with van der Waals surface area (Å²) in [5.74, 6) is 0. The molecule has 26 heavy (non-hydrogen) atoms. The van der Waals surface area contributed by atoms with E-state index in [-0.39, 0.29) is 5.56 Å². The van der Waals surface area contributed by atoms with Gasteiger partial charge in [0.15, 0.2) is 0 Å².